The van der Waals surface area contributed by atoms with Gasteiger partial charge < -0.3 is 14.2 Å². The molecule has 0 saturated heterocycles. The first-order chi connectivity index (χ1) is 20.0. The van der Waals surface area contributed by atoms with Gasteiger partial charge in [-0.05, 0) is 62.4 Å². The van der Waals surface area contributed by atoms with Crippen LogP contribution in [-0.2, 0) is 23.3 Å². The van der Waals surface area contributed by atoms with Gasteiger partial charge in [0.15, 0.2) is 11.3 Å². The third-order valence-corrected chi connectivity index (χ3v) is 8.72. The minimum Gasteiger partial charge on any atom is -0.439 e. The molecular formula is C36H45N3O2. The lowest BCUT2D eigenvalue weighted by atomic mass is 9.77. The fourth-order valence-corrected chi connectivity index (χ4v) is 6.58. The number of hydrogen-bond acceptors (Lipinski definition) is 4. The molecule has 0 radical (unpaired) electrons. The van der Waals surface area contributed by atoms with Crippen molar-refractivity contribution in [2.45, 2.75) is 91.7 Å². The Balaban J connectivity index is 1.78. The van der Waals surface area contributed by atoms with Gasteiger partial charge in [-0.25, -0.2) is 9.78 Å². The summed E-state index contributed by atoms with van der Waals surface area (Å²) in [5.74, 6) is -0.357. The molecule has 41 heavy (non-hydrogen) atoms. The quantitative estimate of drug-likeness (QED) is 0.156. The zero-order chi connectivity index (χ0) is 29.0. The van der Waals surface area contributed by atoms with Crippen LogP contribution in [0.25, 0.3) is 10.9 Å². The number of rotatable bonds is 13. The number of unbranched alkanes of at least 4 members (excludes halogenated alkanes) is 3. The highest BCUT2D eigenvalue weighted by Crippen LogP contribution is 2.51. The molecule has 5 heteroatoms. The minimum atomic E-state index is -1.07. The van der Waals surface area contributed by atoms with Crippen LogP contribution in [0.2, 0.25) is 0 Å². The van der Waals surface area contributed by atoms with E-state index in [4.69, 9.17) is 4.74 Å². The van der Waals surface area contributed by atoms with Gasteiger partial charge >= 0.3 is 5.97 Å². The van der Waals surface area contributed by atoms with Gasteiger partial charge in [0.1, 0.15) is 0 Å². The zero-order valence-corrected chi connectivity index (χ0v) is 25.5. The molecule has 0 fully saturated rings. The summed E-state index contributed by atoms with van der Waals surface area (Å²) >= 11 is 0. The Morgan fingerprint density at radius 2 is 1.61 bits per heavy atom. The molecule has 0 amide bonds. The second-order valence-electron chi connectivity index (χ2n) is 11.3. The number of benzene rings is 2. The molecule has 2 aromatic carbocycles. The average Bonchev–Trinajstić information content (AvgIpc) is 3.46. The van der Waals surface area contributed by atoms with Crippen molar-refractivity contribution >= 4 is 22.6 Å². The standard InChI is InChI=1S/C36H45N3O2/c1-6-10-22-38(23-11-7-2)28-19-20-30(27(9-4)25-28)36(31-17-15-21-37-34(31)35(40)41-36)33-26(5)39(24-12-8-3)32-18-14-13-16-29(32)33/h13-21,25H,6-12,22-24H2,1-5H3. The molecule has 0 bridgehead atoms. The third kappa shape index (κ3) is 5.05. The summed E-state index contributed by atoms with van der Waals surface area (Å²) in [6.45, 7) is 14.2. The van der Waals surface area contributed by atoms with Crippen molar-refractivity contribution < 1.29 is 9.53 Å². The lowest BCUT2D eigenvalue weighted by Gasteiger charge is -2.33. The number of aryl methyl sites for hydroxylation is 2. The smallest absolute Gasteiger partial charge is 0.358 e. The maximum absolute atomic E-state index is 13.6. The number of carbonyl (C=O) groups excluding carboxylic acids is 1. The number of aromatic nitrogens is 2. The number of fused-ring (bicyclic) bond motifs is 2. The second kappa shape index (κ2) is 12.5. The van der Waals surface area contributed by atoms with E-state index in [1.807, 2.05) is 12.1 Å². The maximum Gasteiger partial charge on any atom is 0.358 e. The largest absolute Gasteiger partial charge is 0.439 e. The van der Waals surface area contributed by atoms with Crippen molar-refractivity contribution in [2.24, 2.45) is 0 Å². The minimum absolute atomic E-state index is 0.357. The number of para-hydroxylation sites is 1. The molecule has 1 atom stereocenters. The van der Waals surface area contributed by atoms with Crippen LogP contribution in [0.1, 0.15) is 105 Å². The molecule has 0 N–H and O–H groups in total. The van der Waals surface area contributed by atoms with Crippen LogP contribution in [0.4, 0.5) is 5.69 Å². The predicted octanol–water partition coefficient (Wildman–Crippen LogP) is 8.58. The first-order valence-corrected chi connectivity index (χ1v) is 15.7. The van der Waals surface area contributed by atoms with Crippen LogP contribution in [0, 0.1) is 6.92 Å². The lowest BCUT2D eigenvalue weighted by Crippen LogP contribution is -2.32. The summed E-state index contributed by atoms with van der Waals surface area (Å²) in [6, 6.07) is 19.3. The van der Waals surface area contributed by atoms with E-state index in [0.29, 0.717) is 5.69 Å². The highest BCUT2D eigenvalue weighted by molar-refractivity contribution is 5.97. The van der Waals surface area contributed by atoms with E-state index in [-0.39, 0.29) is 5.97 Å². The molecule has 5 nitrogen and oxygen atoms in total. The number of cyclic esters (lactones) is 1. The summed E-state index contributed by atoms with van der Waals surface area (Å²) in [4.78, 5) is 20.6. The SMILES string of the molecule is CCCCN(CCCC)c1ccc(C2(c3c(C)n(CCCC)c4ccccc34)OC(=O)c3ncccc32)c(CC)c1. The van der Waals surface area contributed by atoms with Gasteiger partial charge in [-0.3, -0.25) is 0 Å². The van der Waals surface area contributed by atoms with Crippen LogP contribution < -0.4 is 4.90 Å². The summed E-state index contributed by atoms with van der Waals surface area (Å²) < 4.78 is 9.05. The molecule has 216 valence electrons. The van der Waals surface area contributed by atoms with Crippen molar-refractivity contribution in [3.05, 3.63) is 94.4 Å². The Kier molecular flexibility index (Phi) is 8.82. The fourth-order valence-electron chi connectivity index (χ4n) is 6.58. The van der Waals surface area contributed by atoms with Crippen LogP contribution in [0.5, 0.6) is 0 Å². The van der Waals surface area contributed by atoms with Gasteiger partial charge in [0, 0.05) is 64.8 Å². The Morgan fingerprint density at radius 3 is 2.32 bits per heavy atom. The van der Waals surface area contributed by atoms with E-state index in [2.05, 4.69) is 91.5 Å². The van der Waals surface area contributed by atoms with Gasteiger partial charge in [-0.2, -0.15) is 0 Å². The van der Waals surface area contributed by atoms with Gasteiger partial charge in [-0.15, -0.1) is 0 Å². The summed E-state index contributed by atoms with van der Waals surface area (Å²) in [6.07, 6.45) is 9.41. The average molecular weight is 552 g/mol. The number of nitrogens with zero attached hydrogens (tertiary/aromatic N) is 3. The molecule has 0 aliphatic carbocycles. The third-order valence-electron chi connectivity index (χ3n) is 8.72. The van der Waals surface area contributed by atoms with Gasteiger partial charge in [0.05, 0.1) is 0 Å². The van der Waals surface area contributed by atoms with Gasteiger partial charge in [-0.1, -0.05) is 77.3 Å². The molecule has 2 aromatic heterocycles. The van der Waals surface area contributed by atoms with E-state index in [1.54, 1.807) is 6.20 Å². The first-order valence-electron chi connectivity index (χ1n) is 15.7. The zero-order valence-electron chi connectivity index (χ0n) is 25.5. The van der Waals surface area contributed by atoms with E-state index < -0.39 is 5.60 Å². The molecule has 1 aliphatic rings. The van der Waals surface area contributed by atoms with Crippen LogP contribution in [-0.4, -0.2) is 28.6 Å². The lowest BCUT2D eigenvalue weighted by molar-refractivity contribution is 0.0248. The molecule has 5 rings (SSSR count). The van der Waals surface area contributed by atoms with Crippen LogP contribution >= 0.6 is 0 Å². The van der Waals surface area contributed by atoms with Gasteiger partial charge in [0.25, 0.3) is 0 Å². The number of carbonyl (C=O) groups is 1. The summed E-state index contributed by atoms with van der Waals surface area (Å²) in [5.41, 5.74) is 7.05. The molecule has 0 spiro atoms. The van der Waals surface area contributed by atoms with Crippen molar-refractivity contribution in [1.82, 2.24) is 9.55 Å². The Labute approximate surface area is 245 Å². The topological polar surface area (TPSA) is 47.4 Å². The fraction of sp³-hybridized carbons (Fsp3) is 0.444. The van der Waals surface area contributed by atoms with Crippen molar-refractivity contribution in [3.8, 4) is 0 Å². The monoisotopic (exact) mass is 551 g/mol. The van der Waals surface area contributed by atoms with Crippen molar-refractivity contribution in [2.75, 3.05) is 18.0 Å². The Hall–Kier alpha value is -3.60. The van der Waals surface area contributed by atoms with Crippen molar-refractivity contribution in [1.29, 1.82) is 0 Å². The normalized spacial score (nSPS) is 16.3. The molecule has 3 heterocycles. The van der Waals surface area contributed by atoms with Crippen LogP contribution in [0.3, 0.4) is 0 Å². The second-order valence-corrected chi connectivity index (χ2v) is 11.3. The van der Waals surface area contributed by atoms with E-state index >= 15 is 0 Å². The molecule has 1 unspecified atom stereocenters. The Morgan fingerprint density at radius 1 is 0.878 bits per heavy atom. The summed E-state index contributed by atoms with van der Waals surface area (Å²) in [7, 11) is 0. The molecule has 0 saturated carbocycles. The van der Waals surface area contributed by atoms with E-state index in [9.17, 15) is 4.79 Å². The summed E-state index contributed by atoms with van der Waals surface area (Å²) in [5, 5.41) is 1.13. The first kappa shape index (κ1) is 28.9. The number of ether oxygens (including phenoxy) is 1. The highest BCUT2D eigenvalue weighted by atomic mass is 16.6. The molecule has 1 aliphatic heterocycles. The number of esters is 1. The highest BCUT2D eigenvalue weighted by Gasteiger charge is 2.52. The number of pyridine rings is 1. The van der Waals surface area contributed by atoms with E-state index in [0.717, 1.165) is 66.7 Å². The molecular weight excluding hydrogens is 506 g/mol. The number of anilines is 1. The Bertz CT molecular complexity index is 1510. The predicted molar refractivity (Wildman–Crippen MR) is 169 cm³/mol. The molecule has 4 aromatic rings. The van der Waals surface area contributed by atoms with E-state index in [1.165, 1.54) is 42.5 Å². The van der Waals surface area contributed by atoms with Crippen LogP contribution in [0.15, 0.2) is 60.8 Å². The number of hydrogen-bond donors (Lipinski definition) is 0. The maximum atomic E-state index is 13.6. The van der Waals surface area contributed by atoms with Crippen molar-refractivity contribution in [3.63, 3.8) is 0 Å². The van der Waals surface area contributed by atoms with Gasteiger partial charge in [0.2, 0.25) is 0 Å².